The van der Waals surface area contributed by atoms with Gasteiger partial charge < -0.3 is 129 Å². The Labute approximate surface area is 743 Å². The molecule has 0 aliphatic carbocycles. The van der Waals surface area contributed by atoms with E-state index < -0.39 is 228 Å². The predicted octanol–water partition coefficient (Wildman–Crippen LogP) is -4.83. The normalized spacial score (nSPS) is 15.2. The van der Waals surface area contributed by atoms with Crippen molar-refractivity contribution >= 4 is 118 Å². The average molecular weight is 1800 g/mol. The zero-order valence-electron chi connectivity index (χ0n) is 74.1. The fraction of sp³-hybridized carbons (Fsp3) is 0.602. The minimum absolute atomic E-state index is 0.0155. The molecule has 0 bridgehead atoms. The Kier molecular flexibility index (Phi) is 49.0. The van der Waals surface area contributed by atoms with Gasteiger partial charge in [0.15, 0.2) is 5.96 Å². The van der Waals surface area contributed by atoms with Gasteiger partial charge in [0.05, 0.1) is 18.9 Å². The Morgan fingerprint density at radius 1 is 0.472 bits per heavy atom. The zero-order chi connectivity index (χ0) is 95.3. The van der Waals surface area contributed by atoms with Crippen molar-refractivity contribution in [3.05, 3.63) is 90.0 Å². The molecule has 0 radical (unpaired) electrons. The number of unbranched alkanes of at least 4 members (excludes halogenated alkanes) is 2. The standard InChI is InChI=1S/C83H134N24O19S/c1-12-46(6)66(106-76(119)59(39-51-26-17-14-18-27-51)104-80(123)67(45(4)5)107(10)81(124)48(8)95-69(112)56(33-37-127-11)98-72(115)55(31-32-62(86)109)99-78(121)65(44(2)3)105-68(111)47(7)94-77(120)64(88)49(9)108)79(122)103-60(40-52-42-91-43-93-52)74(117)102-61(41-63(87)110)75(118)101-58(38-50-24-15-13-16-25-50)73(116)97-53(28-19-21-34-84)70(113)96-54(30-23-36-92-83(89)90)71(114)100-57(82(125)126)29-20-22-35-85/h13-18,24-27,42-49,53-61,64-67,108H,12,19-23,28-41,84-85,88H2,1-11H3,(H2,86,109)(H2,87,110)(H,91,93)(H,94,120)(H,95,112)(H,96,113)(H,97,116)(H,98,115)(H,99,121)(H,100,114)(H,101,118)(H,102,117)(H,103,122)(H,104,123)(H,105,111)(H,106,119)(H,125,126)(H4,89,90,92)/t46-,47-,48-,49+,53-,54-,55-,56-,57-,58-,59-,60-,61-,64-,65-,66-,67-/m0/s1. The first-order chi connectivity index (χ1) is 60.0. The van der Waals surface area contributed by atoms with Gasteiger partial charge >= 0.3 is 5.97 Å². The monoisotopic (exact) mass is 1800 g/mol. The minimum Gasteiger partial charge on any atom is -0.480 e. The molecule has 16 amide bonds. The number of aliphatic hydroxyl groups excluding tert-OH is 1. The van der Waals surface area contributed by atoms with Gasteiger partial charge in [-0.25, -0.2) is 9.78 Å². The first-order valence-electron chi connectivity index (χ1n) is 42.5. The third kappa shape index (κ3) is 39.3. The second-order valence-electron chi connectivity index (χ2n) is 32.0. The molecule has 44 heteroatoms. The van der Waals surface area contributed by atoms with Crippen molar-refractivity contribution in [2.75, 3.05) is 38.7 Å². The number of nitrogens with zero attached hydrogens (tertiary/aromatic N) is 2. The number of guanidine groups is 1. The summed E-state index contributed by atoms with van der Waals surface area (Å²) in [4.78, 5) is 246. The number of rotatable bonds is 60. The van der Waals surface area contributed by atoms with E-state index in [-0.39, 0.29) is 108 Å². The van der Waals surface area contributed by atoms with Crippen LogP contribution in [-0.2, 0) is 101 Å². The number of H-pyrrole nitrogens is 1. The second-order valence-corrected chi connectivity index (χ2v) is 33.0. The van der Waals surface area contributed by atoms with E-state index in [1.165, 1.54) is 52.1 Å². The molecule has 0 aliphatic heterocycles. The van der Waals surface area contributed by atoms with Crippen molar-refractivity contribution in [3.63, 3.8) is 0 Å². The SMILES string of the molecule is CC[C@H](C)[C@H](NC(=O)[C@H](Cc1ccccc1)NC(=O)[C@H](C(C)C)N(C)C(=O)[C@H](C)NC(=O)[C@H](CCSC)NC(=O)[C@H](CCC(N)=O)NC(=O)[C@@H](NC(=O)[C@H](C)NC(=O)[C@@H](N)[C@@H](C)O)C(C)C)C(=O)N[C@@H](Cc1cnc[nH]1)C(=O)N[C@@H](CC(N)=O)C(=O)N[C@@H](Cc1ccccc1)C(=O)N[C@@H](CCCCN)C(=O)N[C@@H](CCCNC(=N)N)C(=O)N[C@@H](CCCCN)C(=O)O. The number of hydrogen-bond donors (Lipinski definition) is 24. The first-order valence-corrected chi connectivity index (χ1v) is 43.8. The summed E-state index contributed by atoms with van der Waals surface area (Å²) >= 11 is 1.31. The maximum atomic E-state index is 15.1. The van der Waals surface area contributed by atoms with Crippen LogP contribution in [0.2, 0.25) is 0 Å². The number of aromatic amines is 1. The van der Waals surface area contributed by atoms with Crippen LogP contribution in [0.25, 0.3) is 0 Å². The lowest BCUT2D eigenvalue weighted by atomic mass is 9.96. The highest BCUT2D eigenvalue weighted by molar-refractivity contribution is 7.98. The Balaban J connectivity index is 2.00. The molecule has 17 atom stereocenters. The van der Waals surface area contributed by atoms with Crippen LogP contribution in [-0.4, -0.2) is 267 Å². The molecule has 0 saturated carbocycles. The molecule has 2 aromatic carbocycles. The lowest BCUT2D eigenvalue weighted by Crippen LogP contribution is -2.62. The lowest BCUT2D eigenvalue weighted by Gasteiger charge is -2.34. The number of carbonyl (C=O) groups excluding carboxylic acids is 16. The molecule has 1 aromatic heterocycles. The molecule has 0 unspecified atom stereocenters. The van der Waals surface area contributed by atoms with Gasteiger partial charge in [-0.1, -0.05) is 109 Å². The van der Waals surface area contributed by atoms with Gasteiger partial charge in [0.2, 0.25) is 94.5 Å². The number of aliphatic carboxylic acids is 1. The number of amides is 16. The van der Waals surface area contributed by atoms with Gasteiger partial charge in [-0.15, -0.1) is 0 Å². The number of primary amides is 2. The molecule has 30 N–H and O–H groups in total. The number of carboxylic acid groups (broad SMARTS) is 1. The summed E-state index contributed by atoms with van der Waals surface area (Å²) in [5, 5.41) is 63.7. The van der Waals surface area contributed by atoms with Gasteiger partial charge in [0, 0.05) is 51.2 Å². The number of benzene rings is 2. The van der Waals surface area contributed by atoms with Crippen LogP contribution >= 0.6 is 11.8 Å². The van der Waals surface area contributed by atoms with E-state index in [2.05, 4.69) is 84.4 Å². The number of nitrogens with two attached hydrogens (primary N) is 6. The molecule has 43 nitrogen and oxygen atoms in total. The number of hydrogen-bond acceptors (Lipinski definition) is 24. The van der Waals surface area contributed by atoms with E-state index >= 15 is 9.59 Å². The maximum Gasteiger partial charge on any atom is 0.326 e. The molecule has 706 valence electrons. The molecule has 0 spiro atoms. The summed E-state index contributed by atoms with van der Waals surface area (Å²) < 4.78 is 0. The molecular formula is C83H134N24O19S. The minimum atomic E-state index is -1.88. The summed E-state index contributed by atoms with van der Waals surface area (Å²) in [6, 6.07) is -5.27. The first kappa shape index (κ1) is 109. The second kappa shape index (κ2) is 56.9. The molecular weight excluding hydrogens is 1670 g/mol. The Hall–Kier alpha value is -11.9. The fourth-order valence-corrected chi connectivity index (χ4v) is 13.7. The van der Waals surface area contributed by atoms with Crippen LogP contribution in [0, 0.1) is 23.2 Å². The summed E-state index contributed by atoms with van der Waals surface area (Å²) in [6.07, 6.45) is 2.22. The smallest absolute Gasteiger partial charge is 0.326 e. The summed E-state index contributed by atoms with van der Waals surface area (Å²) in [5.41, 5.74) is 35.2. The quantitative estimate of drug-likeness (QED) is 0.0143. The number of imidazole rings is 1. The van der Waals surface area contributed by atoms with E-state index in [1.807, 2.05) is 0 Å². The molecule has 1 heterocycles. The highest BCUT2D eigenvalue weighted by Gasteiger charge is 2.41. The lowest BCUT2D eigenvalue weighted by molar-refractivity contribution is -0.144. The molecule has 127 heavy (non-hydrogen) atoms. The van der Waals surface area contributed by atoms with Crippen LogP contribution in [0.15, 0.2) is 73.2 Å². The average Bonchev–Trinajstić information content (AvgIpc) is 0.934. The van der Waals surface area contributed by atoms with Gasteiger partial charge in [-0.05, 0) is 139 Å². The van der Waals surface area contributed by atoms with Gasteiger partial charge in [-0.3, -0.25) is 82.1 Å². The maximum absolute atomic E-state index is 15.1. The number of carboxylic acids is 1. The number of thioether (sulfide) groups is 1. The number of nitrogens with one attached hydrogen (secondary N) is 16. The summed E-state index contributed by atoms with van der Waals surface area (Å²) in [7, 11) is 1.30. The van der Waals surface area contributed by atoms with E-state index in [9.17, 15) is 82.1 Å². The number of aromatic nitrogens is 2. The van der Waals surface area contributed by atoms with Gasteiger partial charge in [-0.2, -0.15) is 11.8 Å². The molecule has 3 aromatic rings. The molecule has 0 fully saturated rings. The highest BCUT2D eigenvalue weighted by atomic mass is 32.2. The largest absolute Gasteiger partial charge is 0.480 e. The Bertz CT molecular complexity index is 4110. The number of carbonyl (C=O) groups is 17. The topological polar surface area (TPSA) is 711 Å². The van der Waals surface area contributed by atoms with Crippen molar-refractivity contribution in [2.24, 2.45) is 52.2 Å². The van der Waals surface area contributed by atoms with E-state index in [4.69, 9.17) is 39.8 Å². The third-order valence-electron chi connectivity index (χ3n) is 20.8. The van der Waals surface area contributed by atoms with Crippen molar-refractivity contribution in [1.82, 2.24) is 89.3 Å². The van der Waals surface area contributed by atoms with Crippen molar-refractivity contribution in [1.29, 1.82) is 5.41 Å². The van der Waals surface area contributed by atoms with Crippen LogP contribution in [0.4, 0.5) is 0 Å². The van der Waals surface area contributed by atoms with Crippen LogP contribution < -0.4 is 109 Å². The summed E-state index contributed by atoms with van der Waals surface area (Å²) in [5.74, 6) is -18.3. The molecule has 3 rings (SSSR count). The third-order valence-corrected chi connectivity index (χ3v) is 21.4. The summed E-state index contributed by atoms with van der Waals surface area (Å²) in [6.45, 7) is 14.2. The Morgan fingerprint density at radius 3 is 1.35 bits per heavy atom. The van der Waals surface area contributed by atoms with Gasteiger partial charge in [0.1, 0.15) is 90.6 Å². The predicted molar refractivity (Wildman–Crippen MR) is 472 cm³/mol. The van der Waals surface area contributed by atoms with E-state index in [1.54, 1.807) is 108 Å². The molecule has 0 aliphatic rings. The Morgan fingerprint density at radius 2 is 0.890 bits per heavy atom. The van der Waals surface area contributed by atoms with Crippen molar-refractivity contribution in [3.8, 4) is 0 Å². The van der Waals surface area contributed by atoms with E-state index in [0.717, 1.165) is 4.90 Å². The number of aliphatic hydroxyl groups is 1. The highest BCUT2D eigenvalue weighted by Crippen LogP contribution is 2.18. The van der Waals surface area contributed by atoms with Gasteiger partial charge in [0.25, 0.3) is 0 Å². The van der Waals surface area contributed by atoms with Crippen LogP contribution in [0.5, 0.6) is 0 Å². The fourth-order valence-electron chi connectivity index (χ4n) is 13.2. The zero-order valence-corrected chi connectivity index (χ0v) is 75.0. The van der Waals surface area contributed by atoms with E-state index in [0.29, 0.717) is 30.4 Å². The van der Waals surface area contributed by atoms with Crippen LogP contribution in [0.3, 0.4) is 0 Å². The number of likely N-dealkylation sites (N-methyl/N-ethyl adjacent to an activating group) is 1. The molecule has 0 saturated heterocycles. The van der Waals surface area contributed by atoms with Crippen LogP contribution in [0.1, 0.15) is 163 Å². The van der Waals surface area contributed by atoms with Crippen molar-refractivity contribution < 1.29 is 91.7 Å². The van der Waals surface area contributed by atoms with Crippen molar-refractivity contribution in [2.45, 2.75) is 262 Å².